The highest BCUT2D eigenvalue weighted by atomic mass is 32.2. The fourth-order valence-corrected chi connectivity index (χ4v) is 5.46. The highest BCUT2D eigenvalue weighted by molar-refractivity contribution is 8.01. The Morgan fingerprint density at radius 3 is 2.69 bits per heavy atom. The number of hydrogen-bond donors (Lipinski definition) is 1. The van der Waals surface area contributed by atoms with E-state index >= 15 is 0 Å². The number of thiazole rings is 1. The van der Waals surface area contributed by atoms with E-state index in [-0.39, 0.29) is 11.7 Å². The van der Waals surface area contributed by atoms with Gasteiger partial charge in [0.2, 0.25) is 15.9 Å². The van der Waals surface area contributed by atoms with Gasteiger partial charge in [-0.2, -0.15) is 0 Å². The molecule has 0 bridgehead atoms. The van der Waals surface area contributed by atoms with Crippen molar-refractivity contribution in [3.05, 3.63) is 18.2 Å². The first-order valence-electron chi connectivity index (χ1n) is 8.78. The van der Waals surface area contributed by atoms with Crippen LogP contribution in [0.1, 0.15) is 32.6 Å². The summed E-state index contributed by atoms with van der Waals surface area (Å²) in [5, 5.41) is 0. The molecule has 0 radical (unpaired) electrons. The first-order valence-corrected chi connectivity index (χ1v) is 12.2. The summed E-state index contributed by atoms with van der Waals surface area (Å²) in [6.07, 6.45) is 4.60. The quantitative estimate of drug-likeness (QED) is 0.733. The van der Waals surface area contributed by atoms with Crippen molar-refractivity contribution in [3.8, 4) is 0 Å². The highest BCUT2D eigenvalue weighted by Gasteiger charge is 2.17. The maximum Gasteiger partial charge on any atom is 0.233 e. The molecule has 6 nitrogen and oxygen atoms in total. The first-order chi connectivity index (χ1) is 12.5. The molecule has 2 aromatic rings. The van der Waals surface area contributed by atoms with Gasteiger partial charge in [0.05, 0.1) is 27.4 Å². The van der Waals surface area contributed by atoms with Crippen molar-refractivity contribution in [2.45, 2.75) is 36.9 Å². The third-order valence-corrected chi connectivity index (χ3v) is 7.75. The van der Waals surface area contributed by atoms with Gasteiger partial charge >= 0.3 is 0 Å². The number of likely N-dealkylation sites (tertiary alicyclic amines) is 1. The van der Waals surface area contributed by atoms with E-state index < -0.39 is 10.0 Å². The molecule has 1 aliphatic rings. The smallest absolute Gasteiger partial charge is 0.233 e. The predicted octanol–water partition coefficient (Wildman–Crippen LogP) is 3.55. The van der Waals surface area contributed by atoms with Gasteiger partial charge in [-0.15, -0.1) is 11.3 Å². The van der Waals surface area contributed by atoms with Crippen molar-refractivity contribution in [2.24, 2.45) is 0 Å². The van der Waals surface area contributed by atoms with Gasteiger partial charge in [-0.1, -0.05) is 24.6 Å². The van der Waals surface area contributed by atoms with Crippen LogP contribution in [0.4, 0.5) is 5.69 Å². The summed E-state index contributed by atoms with van der Waals surface area (Å²) in [6, 6.07) is 5.31. The number of anilines is 1. The number of carbonyl (C=O) groups excluding carboxylic acids is 1. The van der Waals surface area contributed by atoms with Crippen LogP contribution in [0.25, 0.3) is 10.2 Å². The van der Waals surface area contributed by atoms with E-state index in [2.05, 4.69) is 9.71 Å². The minimum atomic E-state index is -3.29. The number of rotatable bonds is 6. The van der Waals surface area contributed by atoms with Gasteiger partial charge in [-0.3, -0.25) is 9.52 Å². The van der Waals surface area contributed by atoms with E-state index in [1.54, 1.807) is 25.1 Å². The minimum absolute atomic E-state index is 0.0352. The lowest BCUT2D eigenvalue weighted by atomic mass is 10.2. The minimum Gasteiger partial charge on any atom is -0.342 e. The number of benzene rings is 1. The Morgan fingerprint density at radius 2 is 2.00 bits per heavy atom. The summed E-state index contributed by atoms with van der Waals surface area (Å²) < 4.78 is 27.7. The summed E-state index contributed by atoms with van der Waals surface area (Å²) in [4.78, 5) is 18.9. The maximum absolute atomic E-state index is 12.4. The van der Waals surface area contributed by atoms with Crippen LogP contribution in [0.5, 0.6) is 0 Å². The number of fused-ring (bicyclic) bond motifs is 1. The molecule has 2 heterocycles. The highest BCUT2D eigenvalue weighted by Crippen LogP contribution is 2.31. The normalized spacial score (nSPS) is 15.8. The molecule has 1 amide bonds. The second-order valence-corrected chi connectivity index (χ2v) is 10.5. The van der Waals surface area contributed by atoms with Gasteiger partial charge in [0.1, 0.15) is 0 Å². The van der Waals surface area contributed by atoms with Crippen molar-refractivity contribution in [3.63, 3.8) is 0 Å². The van der Waals surface area contributed by atoms with Gasteiger partial charge in [0, 0.05) is 13.1 Å². The van der Waals surface area contributed by atoms with Crippen molar-refractivity contribution >= 4 is 54.9 Å². The van der Waals surface area contributed by atoms with Gasteiger partial charge in [-0.25, -0.2) is 13.4 Å². The Morgan fingerprint density at radius 1 is 1.27 bits per heavy atom. The SMILES string of the molecule is CCS(=O)(=O)Nc1ccc2nc(SCC(=O)N3CCCCCC3)sc2c1. The van der Waals surface area contributed by atoms with Gasteiger partial charge in [0.25, 0.3) is 0 Å². The second kappa shape index (κ2) is 8.58. The topological polar surface area (TPSA) is 79.4 Å². The Bertz CT molecular complexity index is 872. The average Bonchev–Trinajstić information content (AvgIpc) is 2.82. The number of thioether (sulfide) groups is 1. The van der Waals surface area contributed by atoms with Crippen LogP contribution < -0.4 is 4.72 Å². The number of sulfonamides is 1. The largest absolute Gasteiger partial charge is 0.342 e. The van der Waals surface area contributed by atoms with E-state index in [1.807, 2.05) is 4.90 Å². The standard InChI is InChI=1S/C17H23N3O3S3/c1-2-26(22,23)19-13-7-8-14-15(11-13)25-17(18-14)24-12-16(21)20-9-5-3-4-6-10-20/h7-8,11,19H,2-6,9-10,12H2,1H3. The number of nitrogens with one attached hydrogen (secondary N) is 1. The molecule has 1 fully saturated rings. The first kappa shape index (κ1) is 19.4. The molecule has 26 heavy (non-hydrogen) atoms. The Balaban J connectivity index is 1.64. The molecule has 1 aromatic heterocycles. The zero-order chi connectivity index (χ0) is 18.6. The van der Waals surface area contributed by atoms with E-state index in [9.17, 15) is 13.2 Å². The molecule has 142 valence electrons. The molecule has 0 aliphatic carbocycles. The monoisotopic (exact) mass is 413 g/mol. The van der Waals surface area contributed by atoms with Crippen molar-refractivity contribution in [1.29, 1.82) is 0 Å². The van der Waals surface area contributed by atoms with Crippen LogP contribution in [0.15, 0.2) is 22.5 Å². The van der Waals surface area contributed by atoms with Crippen molar-refractivity contribution in [2.75, 3.05) is 29.3 Å². The molecule has 1 N–H and O–H groups in total. The van der Waals surface area contributed by atoms with Crippen LogP contribution in [0, 0.1) is 0 Å². The third kappa shape index (κ3) is 5.11. The number of amides is 1. The zero-order valence-corrected chi connectivity index (χ0v) is 17.2. The van der Waals surface area contributed by atoms with Crippen LogP contribution in [-0.4, -0.2) is 48.8 Å². The van der Waals surface area contributed by atoms with E-state index in [1.165, 1.54) is 35.9 Å². The zero-order valence-electron chi connectivity index (χ0n) is 14.7. The molecular weight excluding hydrogens is 390 g/mol. The number of carbonyl (C=O) groups is 1. The van der Waals surface area contributed by atoms with Crippen molar-refractivity contribution in [1.82, 2.24) is 9.88 Å². The van der Waals surface area contributed by atoms with E-state index in [0.717, 1.165) is 40.5 Å². The Labute approximate surface area is 162 Å². The molecule has 3 rings (SSSR count). The van der Waals surface area contributed by atoms with Crippen LogP contribution in [-0.2, 0) is 14.8 Å². The molecule has 0 atom stereocenters. The Hall–Kier alpha value is -1.32. The summed E-state index contributed by atoms with van der Waals surface area (Å²) in [6.45, 7) is 3.32. The van der Waals surface area contributed by atoms with E-state index in [0.29, 0.717) is 11.4 Å². The molecule has 1 aromatic carbocycles. The lowest BCUT2D eigenvalue weighted by Crippen LogP contribution is -2.33. The number of aromatic nitrogens is 1. The molecule has 1 aliphatic heterocycles. The summed E-state index contributed by atoms with van der Waals surface area (Å²) in [7, 11) is -3.29. The lowest BCUT2D eigenvalue weighted by Gasteiger charge is -2.19. The van der Waals surface area contributed by atoms with Crippen molar-refractivity contribution < 1.29 is 13.2 Å². The summed E-state index contributed by atoms with van der Waals surface area (Å²) >= 11 is 2.94. The molecule has 0 saturated carbocycles. The van der Waals surface area contributed by atoms with Gasteiger partial charge in [-0.05, 0) is 38.0 Å². The number of hydrogen-bond acceptors (Lipinski definition) is 6. The molecule has 0 unspecified atom stereocenters. The number of nitrogens with zero attached hydrogens (tertiary/aromatic N) is 2. The fourth-order valence-electron chi connectivity index (χ4n) is 2.82. The molecule has 1 saturated heterocycles. The van der Waals surface area contributed by atoms with Crippen LogP contribution in [0.2, 0.25) is 0 Å². The van der Waals surface area contributed by atoms with Gasteiger partial charge in [0.15, 0.2) is 4.34 Å². The summed E-state index contributed by atoms with van der Waals surface area (Å²) in [5.74, 6) is 0.607. The van der Waals surface area contributed by atoms with Crippen LogP contribution in [0.3, 0.4) is 0 Å². The third-order valence-electron chi connectivity index (χ3n) is 4.30. The second-order valence-electron chi connectivity index (χ2n) is 6.25. The predicted molar refractivity (Wildman–Crippen MR) is 108 cm³/mol. The molecule has 0 spiro atoms. The molecular formula is C17H23N3O3S3. The Kier molecular flexibility index (Phi) is 6.42. The maximum atomic E-state index is 12.4. The molecule has 9 heteroatoms. The lowest BCUT2D eigenvalue weighted by molar-refractivity contribution is -0.128. The van der Waals surface area contributed by atoms with Gasteiger partial charge < -0.3 is 4.90 Å². The van der Waals surface area contributed by atoms with E-state index in [4.69, 9.17) is 0 Å². The average molecular weight is 414 g/mol. The van der Waals surface area contributed by atoms with Crippen LogP contribution >= 0.6 is 23.1 Å². The summed E-state index contributed by atoms with van der Waals surface area (Å²) in [5.41, 5.74) is 1.36. The fraction of sp³-hybridized carbons (Fsp3) is 0.529.